The van der Waals surface area contributed by atoms with Crippen molar-refractivity contribution in [1.82, 2.24) is 5.32 Å². The molecule has 1 nitrogen and oxygen atoms in total. The van der Waals surface area contributed by atoms with Crippen molar-refractivity contribution < 1.29 is 0 Å². The van der Waals surface area contributed by atoms with Crippen molar-refractivity contribution in [3.05, 3.63) is 29.8 Å². The Morgan fingerprint density at radius 3 is 2.41 bits per heavy atom. The van der Waals surface area contributed by atoms with Crippen LogP contribution in [-0.2, 0) is 0 Å². The van der Waals surface area contributed by atoms with Gasteiger partial charge in [-0.2, -0.15) is 0 Å². The Hall–Kier alpha value is -0.470. The lowest BCUT2D eigenvalue weighted by molar-refractivity contribution is 0.598. The van der Waals surface area contributed by atoms with Crippen molar-refractivity contribution in [1.29, 1.82) is 0 Å². The Kier molecular flexibility index (Phi) is 7.38. The second-order valence-electron chi connectivity index (χ2n) is 4.40. The predicted molar refractivity (Wildman–Crippen MR) is 78.8 cm³/mol. The molecule has 0 aliphatic rings. The average Bonchev–Trinajstić information content (AvgIpc) is 2.36. The van der Waals surface area contributed by atoms with E-state index >= 15 is 0 Å². The maximum Gasteiger partial charge on any atom is 0.0291 e. The summed E-state index contributed by atoms with van der Waals surface area (Å²) < 4.78 is 0. The first-order chi connectivity index (χ1) is 8.27. The molecule has 0 spiro atoms. The molecule has 0 aliphatic heterocycles. The first kappa shape index (κ1) is 14.6. The van der Waals surface area contributed by atoms with E-state index in [1.807, 2.05) is 11.8 Å². The molecule has 0 saturated carbocycles. The van der Waals surface area contributed by atoms with Crippen molar-refractivity contribution in [2.24, 2.45) is 0 Å². The van der Waals surface area contributed by atoms with Gasteiger partial charge < -0.3 is 5.32 Å². The smallest absolute Gasteiger partial charge is 0.0291 e. The maximum absolute atomic E-state index is 3.43. The van der Waals surface area contributed by atoms with E-state index in [-0.39, 0.29) is 0 Å². The molecule has 0 saturated heterocycles. The van der Waals surface area contributed by atoms with Crippen LogP contribution in [0.5, 0.6) is 0 Å². The van der Waals surface area contributed by atoms with Crippen LogP contribution in [0.1, 0.15) is 51.6 Å². The van der Waals surface area contributed by atoms with E-state index in [0.29, 0.717) is 6.04 Å². The summed E-state index contributed by atoms with van der Waals surface area (Å²) in [5.74, 6) is 1.25. The zero-order valence-corrected chi connectivity index (χ0v) is 12.1. The molecule has 0 aliphatic carbocycles. The third kappa shape index (κ3) is 5.60. The Labute approximate surface area is 110 Å². The number of hydrogen-bond acceptors (Lipinski definition) is 2. The Bertz CT molecular complexity index is 294. The third-order valence-corrected chi connectivity index (χ3v) is 4.01. The SMILES string of the molecule is CCCCCSc1ccc(C(C)NCC)cc1. The molecule has 17 heavy (non-hydrogen) atoms. The van der Waals surface area contributed by atoms with Gasteiger partial charge in [0.15, 0.2) is 0 Å². The molecule has 0 amide bonds. The molecule has 96 valence electrons. The maximum atomic E-state index is 3.43. The number of benzene rings is 1. The summed E-state index contributed by atoms with van der Waals surface area (Å²) in [5, 5.41) is 3.43. The molecule has 1 aromatic rings. The average molecular weight is 251 g/mol. The van der Waals surface area contributed by atoms with E-state index in [1.54, 1.807) is 0 Å². The number of unbranched alkanes of at least 4 members (excludes halogenated alkanes) is 2. The van der Waals surface area contributed by atoms with Crippen LogP contribution in [0.3, 0.4) is 0 Å². The molecule has 1 atom stereocenters. The molecule has 0 bridgehead atoms. The van der Waals surface area contributed by atoms with Crippen LogP contribution in [0.25, 0.3) is 0 Å². The van der Waals surface area contributed by atoms with E-state index in [1.165, 1.54) is 35.5 Å². The van der Waals surface area contributed by atoms with Gasteiger partial charge in [-0.1, -0.05) is 38.8 Å². The highest BCUT2D eigenvalue weighted by atomic mass is 32.2. The fourth-order valence-electron chi connectivity index (χ4n) is 1.82. The minimum atomic E-state index is 0.458. The predicted octanol–water partition coefficient (Wildman–Crippen LogP) is 4.64. The Morgan fingerprint density at radius 2 is 1.82 bits per heavy atom. The van der Waals surface area contributed by atoms with Crippen LogP contribution >= 0.6 is 11.8 Å². The minimum Gasteiger partial charge on any atom is -0.310 e. The van der Waals surface area contributed by atoms with E-state index in [0.717, 1.165) is 6.54 Å². The van der Waals surface area contributed by atoms with Gasteiger partial charge in [0.25, 0.3) is 0 Å². The van der Waals surface area contributed by atoms with Crippen LogP contribution < -0.4 is 5.32 Å². The molecule has 1 unspecified atom stereocenters. The highest BCUT2D eigenvalue weighted by Gasteiger charge is 2.03. The molecule has 0 radical (unpaired) electrons. The van der Waals surface area contributed by atoms with E-state index in [2.05, 4.69) is 50.4 Å². The van der Waals surface area contributed by atoms with Gasteiger partial charge >= 0.3 is 0 Å². The number of hydrogen-bond donors (Lipinski definition) is 1. The molecule has 1 aromatic carbocycles. The van der Waals surface area contributed by atoms with Gasteiger partial charge in [0, 0.05) is 10.9 Å². The Balaban J connectivity index is 2.39. The van der Waals surface area contributed by atoms with Gasteiger partial charge in [-0.05, 0) is 43.3 Å². The van der Waals surface area contributed by atoms with Crippen molar-refractivity contribution in [2.75, 3.05) is 12.3 Å². The van der Waals surface area contributed by atoms with Gasteiger partial charge in [-0.15, -0.1) is 11.8 Å². The monoisotopic (exact) mass is 251 g/mol. The second-order valence-corrected chi connectivity index (χ2v) is 5.57. The summed E-state index contributed by atoms with van der Waals surface area (Å²) in [6.07, 6.45) is 3.99. The van der Waals surface area contributed by atoms with Gasteiger partial charge in [-0.25, -0.2) is 0 Å². The van der Waals surface area contributed by atoms with E-state index in [9.17, 15) is 0 Å². The molecule has 0 aromatic heterocycles. The lowest BCUT2D eigenvalue weighted by atomic mass is 10.1. The summed E-state index contributed by atoms with van der Waals surface area (Å²) in [4.78, 5) is 1.40. The van der Waals surface area contributed by atoms with Crippen molar-refractivity contribution >= 4 is 11.8 Å². The third-order valence-electron chi connectivity index (χ3n) is 2.91. The molecular formula is C15H25NS. The van der Waals surface area contributed by atoms with Gasteiger partial charge in [-0.3, -0.25) is 0 Å². The summed E-state index contributed by atoms with van der Waals surface area (Å²) >= 11 is 1.97. The second kappa shape index (κ2) is 8.60. The number of rotatable bonds is 8. The zero-order valence-electron chi connectivity index (χ0n) is 11.3. The highest BCUT2D eigenvalue weighted by Crippen LogP contribution is 2.22. The fraction of sp³-hybridized carbons (Fsp3) is 0.600. The summed E-state index contributed by atoms with van der Waals surface area (Å²) in [7, 11) is 0. The fourth-order valence-corrected chi connectivity index (χ4v) is 2.73. The molecule has 0 fully saturated rings. The quantitative estimate of drug-likeness (QED) is 0.533. The Morgan fingerprint density at radius 1 is 1.12 bits per heavy atom. The summed E-state index contributed by atoms with van der Waals surface area (Å²) in [6, 6.07) is 9.45. The van der Waals surface area contributed by atoms with Crippen LogP contribution in [0.15, 0.2) is 29.2 Å². The molecule has 0 heterocycles. The molecule has 1 N–H and O–H groups in total. The van der Waals surface area contributed by atoms with Gasteiger partial charge in [0.05, 0.1) is 0 Å². The summed E-state index contributed by atoms with van der Waals surface area (Å²) in [5.41, 5.74) is 1.38. The van der Waals surface area contributed by atoms with E-state index < -0.39 is 0 Å². The lowest BCUT2D eigenvalue weighted by Gasteiger charge is -2.13. The topological polar surface area (TPSA) is 12.0 Å². The van der Waals surface area contributed by atoms with Crippen LogP contribution in [0.4, 0.5) is 0 Å². The van der Waals surface area contributed by atoms with E-state index in [4.69, 9.17) is 0 Å². The summed E-state index contributed by atoms with van der Waals surface area (Å²) in [6.45, 7) is 7.64. The van der Waals surface area contributed by atoms with Crippen molar-refractivity contribution in [3.63, 3.8) is 0 Å². The standard InChI is InChI=1S/C15H25NS/c1-4-6-7-12-17-15-10-8-14(9-11-15)13(3)16-5-2/h8-11,13,16H,4-7,12H2,1-3H3. The molecule has 1 rings (SSSR count). The van der Waals surface area contributed by atoms with Gasteiger partial charge in [0.2, 0.25) is 0 Å². The number of nitrogens with one attached hydrogen (secondary N) is 1. The normalized spacial score (nSPS) is 12.6. The minimum absolute atomic E-state index is 0.458. The van der Waals surface area contributed by atoms with Crippen LogP contribution in [0.2, 0.25) is 0 Å². The zero-order chi connectivity index (χ0) is 12.5. The van der Waals surface area contributed by atoms with Crippen molar-refractivity contribution in [3.8, 4) is 0 Å². The molecular weight excluding hydrogens is 226 g/mol. The van der Waals surface area contributed by atoms with Crippen molar-refractivity contribution in [2.45, 2.75) is 51.0 Å². The lowest BCUT2D eigenvalue weighted by Crippen LogP contribution is -2.17. The first-order valence-electron chi connectivity index (χ1n) is 6.74. The van der Waals surface area contributed by atoms with Crippen LogP contribution in [-0.4, -0.2) is 12.3 Å². The van der Waals surface area contributed by atoms with Gasteiger partial charge in [0.1, 0.15) is 0 Å². The van der Waals surface area contributed by atoms with Crippen LogP contribution in [0, 0.1) is 0 Å². The molecule has 2 heteroatoms. The number of thioether (sulfide) groups is 1. The largest absolute Gasteiger partial charge is 0.310 e. The first-order valence-corrected chi connectivity index (χ1v) is 7.72. The highest BCUT2D eigenvalue weighted by molar-refractivity contribution is 7.99.